The Balaban J connectivity index is 1.83. The summed E-state index contributed by atoms with van der Waals surface area (Å²) in [5.74, 6) is 0.968. The highest BCUT2D eigenvalue weighted by molar-refractivity contribution is 6.19. The van der Waals surface area contributed by atoms with Crippen molar-refractivity contribution in [3.05, 3.63) is 89.2 Å². The lowest BCUT2D eigenvalue weighted by atomic mass is 10.1. The average molecular weight is 372 g/mol. The van der Waals surface area contributed by atoms with Gasteiger partial charge in [0.25, 0.3) is 0 Å². The molecule has 1 aliphatic rings. The lowest BCUT2D eigenvalue weighted by Gasteiger charge is -2.14. The van der Waals surface area contributed by atoms with E-state index in [-0.39, 0.29) is 5.82 Å². The number of rotatable bonds is 3. The van der Waals surface area contributed by atoms with E-state index >= 15 is 0 Å². The number of anilines is 2. The molecule has 28 heavy (non-hydrogen) atoms. The fourth-order valence-electron chi connectivity index (χ4n) is 3.03. The summed E-state index contributed by atoms with van der Waals surface area (Å²) in [5, 5.41) is 3.42. The summed E-state index contributed by atoms with van der Waals surface area (Å²) < 4.78 is 13.4. The molecule has 0 aromatic heterocycles. The maximum atomic E-state index is 13.4. The number of benzene rings is 3. The van der Waals surface area contributed by atoms with E-state index in [1.165, 1.54) is 12.1 Å². The number of halogens is 1. The zero-order chi connectivity index (χ0) is 19.7. The fourth-order valence-corrected chi connectivity index (χ4v) is 3.03. The maximum Gasteiger partial charge on any atom is 0.162 e. The summed E-state index contributed by atoms with van der Waals surface area (Å²) in [6, 6.07) is 20.4. The highest BCUT2D eigenvalue weighted by Gasteiger charge is 2.16. The summed E-state index contributed by atoms with van der Waals surface area (Å²) in [5.41, 5.74) is 5.66. The molecule has 0 amide bonds. The molecule has 3 aromatic rings. The van der Waals surface area contributed by atoms with Crippen LogP contribution in [-0.2, 0) is 0 Å². The van der Waals surface area contributed by atoms with Gasteiger partial charge in [-0.25, -0.2) is 14.4 Å². The number of amidine groups is 2. The molecule has 1 N–H and O–H groups in total. The van der Waals surface area contributed by atoms with E-state index in [9.17, 15) is 4.39 Å². The molecule has 0 radical (unpaired) electrons. The Kier molecular flexibility index (Phi) is 4.65. The molecular formula is C23H21FN4. The summed E-state index contributed by atoms with van der Waals surface area (Å²) in [7, 11) is 4.02. The van der Waals surface area contributed by atoms with Gasteiger partial charge in [0.05, 0.1) is 11.4 Å². The molecule has 0 spiro atoms. The van der Waals surface area contributed by atoms with E-state index in [0.29, 0.717) is 11.7 Å². The average Bonchev–Trinajstić information content (AvgIpc) is 2.88. The molecule has 1 heterocycles. The van der Waals surface area contributed by atoms with Crippen LogP contribution >= 0.6 is 0 Å². The Morgan fingerprint density at radius 2 is 1.50 bits per heavy atom. The molecule has 0 fully saturated rings. The first kappa shape index (κ1) is 17.9. The molecule has 3 aromatic carbocycles. The Labute approximate surface area is 164 Å². The third kappa shape index (κ3) is 3.64. The molecule has 0 aliphatic carbocycles. The third-order valence-electron chi connectivity index (χ3n) is 4.61. The van der Waals surface area contributed by atoms with Gasteiger partial charge in [0.15, 0.2) is 5.84 Å². The highest BCUT2D eigenvalue weighted by atomic mass is 19.1. The SMILES string of the molecule is Cc1ccc2c(c1)NC(c1ccc(N(C)C)cc1)=NC(c1ccc(F)cc1)=N2. The monoisotopic (exact) mass is 372 g/mol. The van der Waals surface area contributed by atoms with Crippen molar-refractivity contribution in [3.63, 3.8) is 0 Å². The van der Waals surface area contributed by atoms with Crippen LogP contribution in [0.5, 0.6) is 0 Å². The molecule has 0 saturated carbocycles. The molecule has 0 bridgehead atoms. The van der Waals surface area contributed by atoms with Crippen molar-refractivity contribution in [2.45, 2.75) is 6.92 Å². The smallest absolute Gasteiger partial charge is 0.162 e. The van der Waals surface area contributed by atoms with Crippen LogP contribution in [0.1, 0.15) is 16.7 Å². The quantitative estimate of drug-likeness (QED) is 0.691. The van der Waals surface area contributed by atoms with Crippen LogP contribution in [0, 0.1) is 12.7 Å². The molecule has 5 heteroatoms. The van der Waals surface area contributed by atoms with Crippen LogP contribution < -0.4 is 10.2 Å². The minimum atomic E-state index is -0.282. The van der Waals surface area contributed by atoms with Gasteiger partial charge in [0.2, 0.25) is 0 Å². The number of fused-ring (bicyclic) bond motifs is 1. The molecule has 140 valence electrons. The normalized spacial score (nSPS) is 13.0. The number of hydrogen-bond acceptors (Lipinski definition) is 4. The highest BCUT2D eigenvalue weighted by Crippen LogP contribution is 2.30. The number of aliphatic imine (C=N–C) groups is 2. The van der Waals surface area contributed by atoms with Crippen LogP contribution in [0.3, 0.4) is 0 Å². The van der Waals surface area contributed by atoms with Gasteiger partial charge in [-0.15, -0.1) is 0 Å². The number of hydrogen-bond donors (Lipinski definition) is 1. The Morgan fingerprint density at radius 3 is 2.18 bits per heavy atom. The first-order chi connectivity index (χ1) is 13.5. The predicted octanol–water partition coefficient (Wildman–Crippen LogP) is 5.15. The van der Waals surface area contributed by atoms with Gasteiger partial charge in [-0.1, -0.05) is 6.07 Å². The number of nitrogens with zero attached hydrogens (tertiary/aromatic N) is 3. The minimum Gasteiger partial charge on any atom is -0.378 e. The van der Waals surface area contributed by atoms with Gasteiger partial charge in [-0.2, -0.15) is 0 Å². The first-order valence-corrected chi connectivity index (χ1v) is 9.08. The lowest BCUT2D eigenvalue weighted by Crippen LogP contribution is -2.15. The van der Waals surface area contributed by atoms with Crippen molar-refractivity contribution in [3.8, 4) is 0 Å². The van der Waals surface area contributed by atoms with Gasteiger partial charge in [0, 0.05) is 30.9 Å². The molecule has 0 atom stereocenters. The van der Waals surface area contributed by atoms with Crippen LogP contribution in [0.2, 0.25) is 0 Å². The van der Waals surface area contributed by atoms with E-state index in [2.05, 4.69) is 28.4 Å². The molecule has 4 nitrogen and oxygen atoms in total. The van der Waals surface area contributed by atoms with Gasteiger partial charge >= 0.3 is 0 Å². The summed E-state index contributed by atoms with van der Waals surface area (Å²) in [4.78, 5) is 11.6. The van der Waals surface area contributed by atoms with Crippen molar-refractivity contribution in [1.82, 2.24) is 0 Å². The van der Waals surface area contributed by atoms with Crippen molar-refractivity contribution < 1.29 is 4.39 Å². The van der Waals surface area contributed by atoms with Crippen molar-refractivity contribution in [2.75, 3.05) is 24.3 Å². The standard InChI is InChI=1S/C23H21FN4/c1-15-4-13-20-21(14-15)26-23(17-7-11-19(12-8-17)28(2)3)27-22(25-20)16-5-9-18(24)10-6-16/h4-14H,1-3H3,(H,25,26,27). The van der Waals surface area contributed by atoms with Crippen LogP contribution in [-0.4, -0.2) is 25.8 Å². The van der Waals surface area contributed by atoms with Gasteiger partial charge in [-0.3, -0.25) is 0 Å². The number of aryl methyl sites for hydroxylation is 1. The summed E-state index contributed by atoms with van der Waals surface area (Å²) >= 11 is 0. The Bertz CT molecular complexity index is 1060. The van der Waals surface area contributed by atoms with Crippen molar-refractivity contribution >= 4 is 28.7 Å². The van der Waals surface area contributed by atoms with Crippen LogP contribution in [0.4, 0.5) is 21.5 Å². The second kappa shape index (κ2) is 7.27. The van der Waals surface area contributed by atoms with Crippen molar-refractivity contribution in [1.29, 1.82) is 0 Å². The van der Waals surface area contributed by atoms with Gasteiger partial charge in [0.1, 0.15) is 11.7 Å². The fraction of sp³-hybridized carbons (Fsp3) is 0.130. The minimum absolute atomic E-state index is 0.282. The molecule has 0 unspecified atom stereocenters. The summed E-state index contributed by atoms with van der Waals surface area (Å²) in [6.45, 7) is 2.04. The second-order valence-corrected chi connectivity index (χ2v) is 6.99. The molecule has 4 rings (SSSR count). The predicted molar refractivity (Wildman–Crippen MR) is 115 cm³/mol. The zero-order valence-electron chi connectivity index (χ0n) is 16.1. The van der Waals surface area contributed by atoms with E-state index in [4.69, 9.17) is 9.98 Å². The molecule has 0 saturated heterocycles. The topological polar surface area (TPSA) is 40.0 Å². The van der Waals surface area contributed by atoms with Gasteiger partial charge in [-0.05, 0) is 73.2 Å². The lowest BCUT2D eigenvalue weighted by molar-refractivity contribution is 0.628. The molecular weight excluding hydrogens is 351 g/mol. The maximum absolute atomic E-state index is 13.4. The van der Waals surface area contributed by atoms with E-state index in [0.717, 1.165) is 33.8 Å². The molecule has 1 aliphatic heterocycles. The van der Waals surface area contributed by atoms with Crippen LogP contribution in [0.25, 0.3) is 0 Å². The summed E-state index contributed by atoms with van der Waals surface area (Å²) in [6.07, 6.45) is 0. The number of nitrogens with one attached hydrogen (secondary N) is 1. The van der Waals surface area contributed by atoms with Crippen molar-refractivity contribution in [2.24, 2.45) is 9.98 Å². The van der Waals surface area contributed by atoms with Crippen LogP contribution in [0.15, 0.2) is 76.7 Å². The third-order valence-corrected chi connectivity index (χ3v) is 4.61. The zero-order valence-corrected chi connectivity index (χ0v) is 16.1. The Hall–Kier alpha value is -3.47. The van der Waals surface area contributed by atoms with E-state index < -0.39 is 0 Å². The van der Waals surface area contributed by atoms with Gasteiger partial charge < -0.3 is 10.2 Å². The first-order valence-electron chi connectivity index (χ1n) is 9.08. The van der Waals surface area contributed by atoms with E-state index in [1.54, 1.807) is 12.1 Å². The Morgan fingerprint density at radius 1 is 0.821 bits per heavy atom. The largest absolute Gasteiger partial charge is 0.378 e. The van der Waals surface area contributed by atoms with E-state index in [1.807, 2.05) is 45.3 Å². The second-order valence-electron chi connectivity index (χ2n) is 6.99.